The monoisotopic (exact) mass is 315 g/mol. The molecule has 0 radical (unpaired) electrons. The number of hydrogen-bond acceptors (Lipinski definition) is 5. The van der Waals surface area contributed by atoms with Gasteiger partial charge in [0, 0.05) is 11.9 Å². The first-order valence-electron chi connectivity index (χ1n) is 8.25. The summed E-state index contributed by atoms with van der Waals surface area (Å²) in [6.07, 6.45) is 4.92. The Kier molecular flexibility index (Phi) is 4.11. The van der Waals surface area contributed by atoms with E-state index in [1.807, 2.05) is 24.3 Å². The zero-order chi connectivity index (χ0) is 15.6. The minimum Gasteiger partial charge on any atom is -0.349 e. The SMILES string of the molecule is O=c1c2ccccc2cnn1CN1CCCCC1C1OCCO1. The summed E-state index contributed by atoms with van der Waals surface area (Å²) in [5, 5.41) is 5.94. The quantitative estimate of drug-likeness (QED) is 0.861. The lowest BCUT2D eigenvalue weighted by molar-refractivity contribution is -0.116. The molecule has 0 bridgehead atoms. The van der Waals surface area contributed by atoms with Gasteiger partial charge < -0.3 is 9.47 Å². The van der Waals surface area contributed by atoms with Gasteiger partial charge >= 0.3 is 0 Å². The van der Waals surface area contributed by atoms with E-state index in [-0.39, 0.29) is 17.9 Å². The van der Waals surface area contributed by atoms with Gasteiger partial charge in [0.2, 0.25) is 0 Å². The van der Waals surface area contributed by atoms with Gasteiger partial charge in [-0.15, -0.1) is 0 Å². The maximum Gasteiger partial charge on any atom is 0.275 e. The van der Waals surface area contributed by atoms with Crippen molar-refractivity contribution in [3.63, 3.8) is 0 Å². The lowest BCUT2D eigenvalue weighted by Crippen LogP contribution is -2.49. The minimum atomic E-state index is -0.175. The molecule has 0 N–H and O–H groups in total. The molecule has 1 unspecified atom stereocenters. The van der Waals surface area contributed by atoms with Gasteiger partial charge in [-0.25, -0.2) is 4.68 Å². The van der Waals surface area contributed by atoms with Gasteiger partial charge in [-0.1, -0.05) is 24.6 Å². The molecule has 0 amide bonds. The number of fused-ring (bicyclic) bond motifs is 1. The van der Waals surface area contributed by atoms with E-state index < -0.39 is 0 Å². The summed E-state index contributed by atoms with van der Waals surface area (Å²) in [7, 11) is 0. The van der Waals surface area contributed by atoms with Crippen LogP contribution in [0.3, 0.4) is 0 Å². The second kappa shape index (κ2) is 6.39. The summed E-state index contributed by atoms with van der Waals surface area (Å²) in [5.74, 6) is 0. The van der Waals surface area contributed by atoms with Crippen LogP contribution in [-0.4, -0.2) is 46.8 Å². The van der Waals surface area contributed by atoms with Crippen LogP contribution in [0.5, 0.6) is 0 Å². The Balaban J connectivity index is 1.60. The molecule has 1 atom stereocenters. The minimum absolute atomic E-state index is 0.0410. The number of piperidine rings is 1. The van der Waals surface area contributed by atoms with Crippen molar-refractivity contribution >= 4 is 10.8 Å². The Morgan fingerprint density at radius 3 is 2.87 bits per heavy atom. The van der Waals surface area contributed by atoms with Gasteiger partial charge in [-0.05, 0) is 18.9 Å². The molecule has 2 aliphatic rings. The van der Waals surface area contributed by atoms with Crippen LogP contribution in [0.2, 0.25) is 0 Å². The molecule has 2 saturated heterocycles. The summed E-state index contributed by atoms with van der Waals surface area (Å²) in [5.41, 5.74) is -0.0410. The third kappa shape index (κ3) is 2.89. The van der Waals surface area contributed by atoms with E-state index in [1.165, 1.54) is 6.42 Å². The van der Waals surface area contributed by atoms with E-state index in [0.717, 1.165) is 24.8 Å². The van der Waals surface area contributed by atoms with Crippen LogP contribution in [0.1, 0.15) is 19.3 Å². The summed E-state index contributed by atoms with van der Waals surface area (Å²) < 4.78 is 12.9. The van der Waals surface area contributed by atoms with Crippen LogP contribution in [0.4, 0.5) is 0 Å². The van der Waals surface area contributed by atoms with Gasteiger partial charge in [0.05, 0.1) is 37.5 Å². The van der Waals surface area contributed by atoms with E-state index in [4.69, 9.17) is 9.47 Å². The number of hydrogen-bond donors (Lipinski definition) is 0. The van der Waals surface area contributed by atoms with Gasteiger partial charge in [-0.2, -0.15) is 5.10 Å². The highest BCUT2D eigenvalue weighted by Gasteiger charge is 2.34. The fourth-order valence-electron chi connectivity index (χ4n) is 3.50. The summed E-state index contributed by atoms with van der Waals surface area (Å²) >= 11 is 0. The average Bonchev–Trinajstić information content (AvgIpc) is 3.12. The van der Waals surface area contributed by atoms with Crippen LogP contribution in [-0.2, 0) is 16.1 Å². The Hall–Kier alpha value is -1.76. The van der Waals surface area contributed by atoms with Crippen molar-refractivity contribution in [1.29, 1.82) is 0 Å². The fourth-order valence-corrected chi connectivity index (χ4v) is 3.50. The number of aromatic nitrogens is 2. The van der Waals surface area contributed by atoms with Gasteiger partial charge in [-0.3, -0.25) is 9.69 Å². The second-order valence-corrected chi connectivity index (χ2v) is 6.16. The first kappa shape index (κ1) is 14.8. The van der Waals surface area contributed by atoms with Crippen molar-refractivity contribution in [2.45, 2.75) is 38.3 Å². The largest absolute Gasteiger partial charge is 0.349 e. The normalized spacial score (nSPS) is 23.6. The molecule has 3 heterocycles. The maximum atomic E-state index is 12.6. The maximum absolute atomic E-state index is 12.6. The van der Waals surface area contributed by atoms with Crippen LogP contribution < -0.4 is 5.56 Å². The first-order valence-corrected chi connectivity index (χ1v) is 8.25. The topological polar surface area (TPSA) is 56.6 Å². The van der Waals surface area contributed by atoms with E-state index in [1.54, 1.807) is 10.9 Å². The Morgan fingerprint density at radius 2 is 2.00 bits per heavy atom. The Labute approximate surface area is 134 Å². The molecule has 6 heteroatoms. The van der Waals surface area contributed by atoms with Crippen LogP contribution in [0.15, 0.2) is 35.3 Å². The fraction of sp³-hybridized carbons (Fsp3) is 0.529. The molecule has 2 aromatic rings. The highest BCUT2D eigenvalue weighted by atomic mass is 16.7. The van der Waals surface area contributed by atoms with E-state index in [0.29, 0.717) is 25.3 Å². The van der Waals surface area contributed by atoms with Crippen LogP contribution in [0.25, 0.3) is 10.8 Å². The Bertz CT molecular complexity index is 739. The van der Waals surface area contributed by atoms with Crippen molar-refractivity contribution in [3.8, 4) is 0 Å². The standard InChI is InChI=1S/C17H21N3O3/c21-16-14-6-2-1-5-13(14)11-18-20(16)12-19-8-4-3-7-15(19)17-22-9-10-23-17/h1-2,5-6,11,15,17H,3-4,7-10,12H2. The molecular weight excluding hydrogens is 294 g/mol. The molecule has 2 fully saturated rings. The molecule has 0 spiro atoms. The Morgan fingerprint density at radius 1 is 1.17 bits per heavy atom. The number of likely N-dealkylation sites (tertiary alicyclic amines) is 1. The third-order valence-corrected chi connectivity index (χ3v) is 4.70. The smallest absolute Gasteiger partial charge is 0.275 e. The summed E-state index contributed by atoms with van der Waals surface area (Å²) in [4.78, 5) is 14.9. The summed E-state index contributed by atoms with van der Waals surface area (Å²) in [6, 6.07) is 7.78. The molecule has 1 aromatic carbocycles. The molecule has 122 valence electrons. The zero-order valence-electron chi connectivity index (χ0n) is 13.1. The van der Waals surface area contributed by atoms with Crippen molar-refractivity contribution < 1.29 is 9.47 Å². The predicted molar refractivity (Wildman–Crippen MR) is 86.0 cm³/mol. The highest BCUT2D eigenvalue weighted by Crippen LogP contribution is 2.24. The van der Waals surface area contributed by atoms with E-state index in [2.05, 4.69) is 10.00 Å². The van der Waals surface area contributed by atoms with Crippen molar-refractivity contribution in [1.82, 2.24) is 14.7 Å². The molecule has 0 saturated carbocycles. The zero-order valence-corrected chi connectivity index (χ0v) is 13.1. The van der Waals surface area contributed by atoms with Crippen LogP contribution in [0, 0.1) is 0 Å². The van der Waals surface area contributed by atoms with Crippen molar-refractivity contribution in [2.75, 3.05) is 19.8 Å². The average molecular weight is 315 g/mol. The molecule has 1 aromatic heterocycles. The number of ether oxygens (including phenoxy) is 2. The van der Waals surface area contributed by atoms with E-state index in [9.17, 15) is 4.79 Å². The molecule has 23 heavy (non-hydrogen) atoms. The van der Waals surface area contributed by atoms with Crippen molar-refractivity contribution in [2.24, 2.45) is 0 Å². The lowest BCUT2D eigenvalue weighted by Gasteiger charge is -2.37. The van der Waals surface area contributed by atoms with Crippen LogP contribution >= 0.6 is 0 Å². The molecular formula is C17H21N3O3. The number of benzene rings is 1. The summed E-state index contributed by atoms with van der Waals surface area (Å²) in [6.45, 7) is 2.73. The molecule has 4 rings (SSSR count). The van der Waals surface area contributed by atoms with Gasteiger partial charge in [0.25, 0.3) is 5.56 Å². The lowest BCUT2D eigenvalue weighted by atomic mass is 10.0. The first-order chi connectivity index (χ1) is 11.3. The second-order valence-electron chi connectivity index (χ2n) is 6.16. The van der Waals surface area contributed by atoms with Gasteiger partial charge in [0.1, 0.15) is 0 Å². The predicted octanol–water partition coefficient (Wildman–Crippen LogP) is 1.58. The number of rotatable bonds is 3. The number of nitrogens with zero attached hydrogens (tertiary/aromatic N) is 3. The molecule has 6 nitrogen and oxygen atoms in total. The highest BCUT2D eigenvalue weighted by molar-refractivity contribution is 5.80. The van der Waals surface area contributed by atoms with Crippen molar-refractivity contribution in [3.05, 3.63) is 40.8 Å². The third-order valence-electron chi connectivity index (χ3n) is 4.70. The molecule has 2 aliphatic heterocycles. The van der Waals surface area contributed by atoms with Gasteiger partial charge in [0.15, 0.2) is 6.29 Å². The molecule has 0 aliphatic carbocycles. The van der Waals surface area contributed by atoms with E-state index >= 15 is 0 Å².